The summed E-state index contributed by atoms with van der Waals surface area (Å²) >= 11 is 0. The first-order valence-electron chi connectivity index (χ1n) is 7.48. The highest BCUT2D eigenvalue weighted by Gasteiger charge is 2.10. The second kappa shape index (κ2) is 7.16. The smallest absolute Gasteiger partial charge is 0.135 e. The molecule has 0 radical (unpaired) electrons. The summed E-state index contributed by atoms with van der Waals surface area (Å²) in [5.74, 6) is 1.42. The van der Waals surface area contributed by atoms with Crippen molar-refractivity contribution in [1.29, 1.82) is 0 Å². The van der Waals surface area contributed by atoms with E-state index in [0.29, 0.717) is 6.42 Å². The van der Waals surface area contributed by atoms with Gasteiger partial charge < -0.3 is 5.32 Å². The minimum atomic E-state index is -0.223. The number of nitrogens with zero attached hydrogens (tertiary/aromatic N) is 2. The maximum Gasteiger partial charge on any atom is 0.135 e. The molecule has 1 N–H and O–H groups in total. The standard InChI is InChI=1S/C17H22FN3/c1-4-9-19-17-15(5-2)12(3)20-16(21-17)11-13-7-6-8-14(18)10-13/h6-8,10H,4-5,9,11H2,1-3H3,(H,19,20,21). The first-order valence-corrected chi connectivity index (χ1v) is 7.48. The van der Waals surface area contributed by atoms with Crippen molar-refractivity contribution in [3.8, 4) is 0 Å². The summed E-state index contributed by atoms with van der Waals surface area (Å²) < 4.78 is 13.3. The molecule has 2 aromatic rings. The topological polar surface area (TPSA) is 37.8 Å². The van der Waals surface area contributed by atoms with Crippen LogP contribution in [0.1, 0.15) is 42.9 Å². The first kappa shape index (κ1) is 15.4. The molecule has 1 heterocycles. The number of hydrogen-bond acceptors (Lipinski definition) is 3. The van der Waals surface area contributed by atoms with E-state index >= 15 is 0 Å². The Labute approximate surface area is 125 Å². The molecular weight excluding hydrogens is 265 g/mol. The van der Waals surface area contributed by atoms with Crippen LogP contribution in [0.4, 0.5) is 10.2 Å². The molecule has 0 aliphatic heterocycles. The van der Waals surface area contributed by atoms with E-state index in [0.717, 1.165) is 47.8 Å². The van der Waals surface area contributed by atoms with Gasteiger partial charge in [-0.1, -0.05) is 26.0 Å². The summed E-state index contributed by atoms with van der Waals surface area (Å²) in [6.07, 6.45) is 2.49. The quantitative estimate of drug-likeness (QED) is 0.875. The van der Waals surface area contributed by atoms with Crippen molar-refractivity contribution in [2.75, 3.05) is 11.9 Å². The molecule has 1 aromatic heterocycles. The van der Waals surface area contributed by atoms with Crippen LogP contribution in [0.2, 0.25) is 0 Å². The summed E-state index contributed by atoms with van der Waals surface area (Å²) in [5, 5.41) is 3.37. The lowest BCUT2D eigenvalue weighted by Gasteiger charge is -2.13. The van der Waals surface area contributed by atoms with Crippen LogP contribution >= 0.6 is 0 Å². The lowest BCUT2D eigenvalue weighted by molar-refractivity contribution is 0.625. The zero-order valence-electron chi connectivity index (χ0n) is 12.9. The summed E-state index contributed by atoms with van der Waals surface area (Å²) in [6.45, 7) is 7.13. The molecule has 2 rings (SSSR count). The van der Waals surface area contributed by atoms with E-state index in [1.54, 1.807) is 6.07 Å². The molecule has 0 amide bonds. The fraction of sp³-hybridized carbons (Fsp3) is 0.412. The molecule has 1 aromatic carbocycles. The molecule has 0 saturated carbocycles. The maximum absolute atomic E-state index is 13.3. The summed E-state index contributed by atoms with van der Waals surface area (Å²) in [7, 11) is 0. The van der Waals surface area contributed by atoms with Crippen molar-refractivity contribution < 1.29 is 4.39 Å². The van der Waals surface area contributed by atoms with Crippen LogP contribution in [0, 0.1) is 12.7 Å². The van der Waals surface area contributed by atoms with Gasteiger partial charge in [0.2, 0.25) is 0 Å². The van der Waals surface area contributed by atoms with E-state index in [2.05, 4.69) is 29.1 Å². The minimum Gasteiger partial charge on any atom is -0.370 e. The van der Waals surface area contributed by atoms with Crippen LogP contribution in [0.15, 0.2) is 24.3 Å². The van der Waals surface area contributed by atoms with E-state index in [-0.39, 0.29) is 5.82 Å². The Kier molecular flexibility index (Phi) is 5.26. The predicted octanol–water partition coefficient (Wildman–Crippen LogP) is 3.90. The molecule has 0 spiro atoms. The summed E-state index contributed by atoms with van der Waals surface area (Å²) in [6, 6.07) is 6.60. The summed E-state index contributed by atoms with van der Waals surface area (Å²) in [4.78, 5) is 9.19. The highest BCUT2D eigenvalue weighted by atomic mass is 19.1. The molecule has 0 unspecified atom stereocenters. The largest absolute Gasteiger partial charge is 0.370 e. The molecule has 0 fully saturated rings. The van der Waals surface area contributed by atoms with Gasteiger partial charge in [-0.3, -0.25) is 0 Å². The molecule has 0 atom stereocenters. The van der Waals surface area contributed by atoms with E-state index in [1.807, 2.05) is 13.0 Å². The van der Waals surface area contributed by atoms with Crippen LogP contribution in [0.3, 0.4) is 0 Å². The Morgan fingerprint density at radius 1 is 1.19 bits per heavy atom. The lowest BCUT2D eigenvalue weighted by atomic mass is 10.1. The molecule has 21 heavy (non-hydrogen) atoms. The number of aryl methyl sites for hydroxylation is 1. The van der Waals surface area contributed by atoms with Crippen molar-refractivity contribution in [3.63, 3.8) is 0 Å². The van der Waals surface area contributed by atoms with Crippen LogP contribution in [0.5, 0.6) is 0 Å². The fourth-order valence-corrected chi connectivity index (χ4v) is 2.38. The van der Waals surface area contributed by atoms with E-state index in [4.69, 9.17) is 0 Å². The average molecular weight is 287 g/mol. The highest BCUT2D eigenvalue weighted by Crippen LogP contribution is 2.18. The van der Waals surface area contributed by atoms with Gasteiger partial charge in [-0.25, -0.2) is 14.4 Å². The Morgan fingerprint density at radius 3 is 2.67 bits per heavy atom. The SMILES string of the molecule is CCCNc1nc(Cc2cccc(F)c2)nc(C)c1CC. The van der Waals surface area contributed by atoms with Gasteiger partial charge in [0.25, 0.3) is 0 Å². The van der Waals surface area contributed by atoms with Gasteiger partial charge in [0, 0.05) is 24.2 Å². The molecule has 0 aliphatic rings. The molecule has 4 heteroatoms. The molecule has 0 bridgehead atoms. The number of halogens is 1. The summed E-state index contributed by atoms with van der Waals surface area (Å²) in [5.41, 5.74) is 3.05. The highest BCUT2D eigenvalue weighted by molar-refractivity contribution is 5.46. The van der Waals surface area contributed by atoms with Gasteiger partial charge in [-0.2, -0.15) is 0 Å². The predicted molar refractivity (Wildman–Crippen MR) is 84.1 cm³/mol. The van der Waals surface area contributed by atoms with Crippen LogP contribution in [-0.2, 0) is 12.8 Å². The molecule has 0 aliphatic carbocycles. The van der Waals surface area contributed by atoms with Gasteiger partial charge in [-0.05, 0) is 37.5 Å². The van der Waals surface area contributed by atoms with Crippen LogP contribution in [-0.4, -0.2) is 16.5 Å². The number of nitrogens with one attached hydrogen (secondary N) is 1. The number of rotatable bonds is 6. The average Bonchev–Trinajstić information content (AvgIpc) is 2.45. The van der Waals surface area contributed by atoms with Crippen molar-refractivity contribution in [3.05, 3.63) is 52.7 Å². The van der Waals surface area contributed by atoms with E-state index < -0.39 is 0 Å². The van der Waals surface area contributed by atoms with Crippen molar-refractivity contribution in [2.24, 2.45) is 0 Å². The maximum atomic E-state index is 13.3. The van der Waals surface area contributed by atoms with Gasteiger partial charge >= 0.3 is 0 Å². The lowest BCUT2D eigenvalue weighted by Crippen LogP contribution is -2.11. The Balaban J connectivity index is 2.29. The van der Waals surface area contributed by atoms with Crippen molar-refractivity contribution in [2.45, 2.75) is 40.0 Å². The van der Waals surface area contributed by atoms with Gasteiger partial charge in [-0.15, -0.1) is 0 Å². The van der Waals surface area contributed by atoms with Gasteiger partial charge in [0.1, 0.15) is 17.5 Å². The molecule has 112 valence electrons. The Bertz CT molecular complexity index is 611. The van der Waals surface area contributed by atoms with Crippen molar-refractivity contribution >= 4 is 5.82 Å². The number of anilines is 1. The normalized spacial score (nSPS) is 10.7. The third-order valence-electron chi connectivity index (χ3n) is 3.41. The van der Waals surface area contributed by atoms with Crippen LogP contribution < -0.4 is 5.32 Å². The second-order valence-electron chi connectivity index (χ2n) is 5.14. The molecule has 0 saturated heterocycles. The third kappa shape index (κ3) is 4.00. The number of benzene rings is 1. The number of hydrogen-bond donors (Lipinski definition) is 1. The van der Waals surface area contributed by atoms with E-state index in [1.165, 1.54) is 12.1 Å². The zero-order chi connectivity index (χ0) is 15.2. The minimum absolute atomic E-state index is 0.223. The monoisotopic (exact) mass is 287 g/mol. The molecule has 3 nitrogen and oxygen atoms in total. The Hall–Kier alpha value is -1.97. The second-order valence-corrected chi connectivity index (χ2v) is 5.14. The zero-order valence-corrected chi connectivity index (χ0v) is 12.9. The van der Waals surface area contributed by atoms with Crippen LogP contribution in [0.25, 0.3) is 0 Å². The van der Waals surface area contributed by atoms with E-state index in [9.17, 15) is 4.39 Å². The first-order chi connectivity index (χ1) is 10.1. The molecular formula is C17H22FN3. The Morgan fingerprint density at radius 2 is 2.00 bits per heavy atom. The third-order valence-corrected chi connectivity index (χ3v) is 3.41. The van der Waals surface area contributed by atoms with Crippen molar-refractivity contribution in [1.82, 2.24) is 9.97 Å². The van der Waals surface area contributed by atoms with Gasteiger partial charge in [0.05, 0.1) is 0 Å². The number of aromatic nitrogens is 2. The fourth-order valence-electron chi connectivity index (χ4n) is 2.38. The van der Waals surface area contributed by atoms with Gasteiger partial charge in [0.15, 0.2) is 0 Å².